The topological polar surface area (TPSA) is 12.0 Å². The molecular formula is C13H23NS. The zero-order valence-electron chi connectivity index (χ0n) is 10.6. The monoisotopic (exact) mass is 225 g/mol. The standard InChI is InChI=1S/C13H23NS/c1-10(9-14-13(3,4)5)8-12-11(2)6-7-15-12/h6-7,10,14H,8-9H2,1-5H3. The van der Waals surface area contributed by atoms with E-state index < -0.39 is 0 Å². The Hall–Kier alpha value is -0.340. The Morgan fingerprint density at radius 3 is 2.53 bits per heavy atom. The molecule has 0 aromatic carbocycles. The van der Waals surface area contributed by atoms with Crippen molar-refractivity contribution in [1.82, 2.24) is 5.32 Å². The first-order chi connectivity index (χ1) is 6.88. The minimum absolute atomic E-state index is 0.235. The first-order valence-corrected chi connectivity index (χ1v) is 6.54. The average molecular weight is 225 g/mol. The van der Waals surface area contributed by atoms with Gasteiger partial charge < -0.3 is 5.32 Å². The summed E-state index contributed by atoms with van der Waals surface area (Å²) in [6.45, 7) is 12.3. The van der Waals surface area contributed by atoms with Crippen LogP contribution in [0.3, 0.4) is 0 Å². The van der Waals surface area contributed by atoms with Gasteiger partial charge in [-0.1, -0.05) is 6.92 Å². The minimum Gasteiger partial charge on any atom is -0.312 e. The van der Waals surface area contributed by atoms with Crippen molar-refractivity contribution in [1.29, 1.82) is 0 Å². The lowest BCUT2D eigenvalue weighted by molar-refractivity contribution is 0.382. The van der Waals surface area contributed by atoms with Gasteiger partial charge in [0.25, 0.3) is 0 Å². The number of aryl methyl sites for hydroxylation is 1. The van der Waals surface area contributed by atoms with Gasteiger partial charge in [-0.05, 0) is 63.6 Å². The third-order valence-electron chi connectivity index (χ3n) is 2.48. The Labute approximate surface area is 97.9 Å². The summed E-state index contributed by atoms with van der Waals surface area (Å²) < 4.78 is 0. The fraction of sp³-hybridized carbons (Fsp3) is 0.692. The van der Waals surface area contributed by atoms with Gasteiger partial charge >= 0.3 is 0 Å². The molecule has 2 heteroatoms. The zero-order valence-corrected chi connectivity index (χ0v) is 11.4. The van der Waals surface area contributed by atoms with Gasteiger partial charge in [0, 0.05) is 10.4 Å². The maximum absolute atomic E-state index is 3.56. The second kappa shape index (κ2) is 5.13. The predicted octanol–water partition coefficient (Wildman–Crippen LogP) is 3.62. The van der Waals surface area contributed by atoms with E-state index in [0.29, 0.717) is 5.92 Å². The first-order valence-electron chi connectivity index (χ1n) is 5.66. The molecule has 1 heterocycles. The van der Waals surface area contributed by atoms with E-state index in [1.807, 2.05) is 11.3 Å². The Kier molecular flexibility index (Phi) is 4.35. The van der Waals surface area contributed by atoms with Crippen molar-refractivity contribution in [3.05, 3.63) is 21.9 Å². The summed E-state index contributed by atoms with van der Waals surface area (Å²) in [6.07, 6.45) is 1.20. The van der Waals surface area contributed by atoms with Crippen LogP contribution in [-0.2, 0) is 6.42 Å². The Balaban J connectivity index is 2.37. The van der Waals surface area contributed by atoms with Gasteiger partial charge in [-0.25, -0.2) is 0 Å². The van der Waals surface area contributed by atoms with Crippen molar-refractivity contribution >= 4 is 11.3 Å². The highest BCUT2D eigenvalue weighted by molar-refractivity contribution is 7.10. The summed E-state index contributed by atoms with van der Waals surface area (Å²) in [6, 6.07) is 2.21. The van der Waals surface area contributed by atoms with Crippen LogP contribution in [0.5, 0.6) is 0 Å². The summed E-state index contributed by atoms with van der Waals surface area (Å²) in [5, 5.41) is 5.75. The molecule has 1 unspecified atom stereocenters. The second-order valence-corrected chi connectivity index (χ2v) is 6.47. The second-order valence-electron chi connectivity index (χ2n) is 5.47. The molecule has 0 spiro atoms. The molecule has 0 saturated carbocycles. The normalized spacial score (nSPS) is 14.2. The van der Waals surface area contributed by atoms with Crippen LogP contribution >= 0.6 is 11.3 Å². The molecular weight excluding hydrogens is 202 g/mol. The molecule has 0 fully saturated rings. The Morgan fingerprint density at radius 2 is 2.07 bits per heavy atom. The maximum Gasteiger partial charge on any atom is 0.00966 e. The van der Waals surface area contributed by atoms with Gasteiger partial charge in [-0.15, -0.1) is 11.3 Å². The van der Waals surface area contributed by atoms with E-state index in [2.05, 4.69) is 51.4 Å². The molecule has 0 aliphatic carbocycles. The molecule has 1 aromatic rings. The van der Waals surface area contributed by atoms with Crippen LogP contribution in [0.1, 0.15) is 38.1 Å². The smallest absolute Gasteiger partial charge is 0.00966 e. The lowest BCUT2D eigenvalue weighted by atomic mass is 10.0. The first kappa shape index (κ1) is 12.7. The van der Waals surface area contributed by atoms with Crippen LogP contribution < -0.4 is 5.32 Å². The molecule has 1 nitrogen and oxygen atoms in total. The molecule has 0 radical (unpaired) electrons. The summed E-state index contributed by atoms with van der Waals surface area (Å²) in [5.41, 5.74) is 1.68. The SMILES string of the molecule is Cc1ccsc1CC(C)CNC(C)(C)C. The number of hydrogen-bond donors (Lipinski definition) is 1. The lowest BCUT2D eigenvalue weighted by Crippen LogP contribution is -2.38. The quantitative estimate of drug-likeness (QED) is 0.825. The van der Waals surface area contributed by atoms with Gasteiger partial charge in [0.15, 0.2) is 0 Å². The van der Waals surface area contributed by atoms with E-state index in [0.717, 1.165) is 6.54 Å². The van der Waals surface area contributed by atoms with Crippen molar-refractivity contribution in [2.45, 2.75) is 46.6 Å². The van der Waals surface area contributed by atoms with Crippen molar-refractivity contribution in [3.8, 4) is 0 Å². The molecule has 0 amide bonds. The molecule has 0 aliphatic rings. The van der Waals surface area contributed by atoms with Crippen molar-refractivity contribution in [2.75, 3.05) is 6.54 Å². The van der Waals surface area contributed by atoms with Crippen LogP contribution in [0.2, 0.25) is 0 Å². The van der Waals surface area contributed by atoms with E-state index in [1.54, 1.807) is 4.88 Å². The summed E-state index contributed by atoms with van der Waals surface area (Å²) >= 11 is 1.88. The highest BCUT2D eigenvalue weighted by atomic mass is 32.1. The van der Waals surface area contributed by atoms with E-state index in [1.165, 1.54) is 12.0 Å². The Bertz CT molecular complexity index is 296. The molecule has 15 heavy (non-hydrogen) atoms. The average Bonchev–Trinajstić information content (AvgIpc) is 2.47. The van der Waals surface area contributed by atoms with Crippen LogP contribution in [0.4, 0.5) is 0 Å². The van der Waals surface area contributed by atoms with Gasteiger partial charge in [0.1, 0.15) is 0 Å². The van der Waals surface area contributed by atoms with Gasteiger partial charge in [-0.2, -0.15) is 0 Å². The van der Waals surface area contributed by atoms with Gasteiger partial charge in [0.2, 0.25) is 0 Å². The maximum atomic E-state index is 3.56. The molecule has 1 N–H and O–H groups in total. The predicted molar refractivity (Wildman–Crippen MR) is 69.7 cm³/mol. The van der Waals surface area contributed by atoms with E-state index >= 15 is 0 Å². The fourth-order valence-corrected chi connectivity index (χ4v) is 2.55. The minimum atomic E-state index is 0.235. The van der Waals surface area contributed by atoms with Crippen LogP contribution in [0.25, 0.3) is 0 Å². The number of thiophene rings is 1. The zero-order chi connectivity index (χ0) is 11.5. The lowest BCUT2D eigenvalue weighted by Gasteiger charge is -2.23. The number of hydrogen-bond acceptors (Lipinski definition) is 2. The molecule has 0 bridgehead atoms. The highest BCUT2D eigenvalue weighted by Crippen LogP contribution is 2.19. The molecule has 1 aromatic heterocycles. The molecule has 86 valence electrons. The number of nitrogens with one attached hydrogen (secondary N) is 1. The van der Waals surface area contributed by atoms with Crippen LogP contribution in [0.15, 0.2) is 11.4 Å². The fourth-order valence-electron chi connectivity index (χ4n) is 1.48. The largest absolute Gasteiger partial charge is 0.312 e. The van der Waals surface area contributed by atoms with Crippen molar-refractivity contribution in [3.63, 3.8) is 0 Å². The number of rotatable bonds is 4. The Morgan fingerprint density at radius 1 is 1.40 bits per heavy atom. The highest BCUT2D eigenvalue weighted by Gasteiger charge is 2.12. The summed E-state index contributed by atoms with van der Waals surface area (Å²) in [7, 11) is 0. The molecule has 1 atom stereocenters. The van der Waals surface area contributed by atoms with Crippen LogP contribution in [0, 0.1) is 12.8 Å². The van der Waals surface area contributed by atoms with Crippen LogP contribution in [-0.4, -0.2) is 12.1 Å². The summed E-state index contributed by atoms with van der Waals surface area (Å²) in [5.74, 6) is 0.710. The van der Waals surface area contributed by atoms with Gasteiger partial charge in [0.05, 0.1) is 0 Å². The van der Waals surface area contributed by atoms with E-state index in [-0.39, 0.29) is 5.54 Å². The molecule has 1 rings (SSSR count). The van der Waals surface area contributed by atoms with E-state index in [4.69, 9.17) is 0 Å². The third-order valence-corrected chi connectivity index (χ3v) is 3.53. The van der Waals surface area contributed by atoms with Crippen molar-refractivity contribution in [2.24, 2.45) is 5.92 Å². The van der Waals surface area contributed by atoms with Gasteiger partial charge in [-0.3, -0.25) is 0 Å². The molecule has 0 aliphatic heterocycles. The summed E-state index contributed by atoms with van der Waals surface area (Å²) in [4.78, 5) is 1.54. The van der Waals surface area contributed by atoms with E-state index in [9.17, 15) is 0 Å². The van der Waals surface area contributed by atoms with Crippen molar-refractivity contribution < 1.29 is 0 Å². The third kappa shape index (κ3) is 4.80. The molecule has 0 saturated heterocycles.